The number of likely N-dealkylation sites (N-methyl/N-ethyl adjacent to an activating group) is 1. The van der Waals surface area contributed by atoms with Crippen LogP contribution in [0.3, 0.4) is 0 Å². The maximum Gasteiger partial charge on any atom is 0.122 e. The number of para-hydroxylation sites is 1. The van der Waals surface area contributed by atoms with Crippen molar-refractivity contribution in [3.8, 4) is 5.75 Å². The third-order valence-corrected chi connectivity index (χ3v) is 4.57. The fourth-order valence-electron chi connectivity index (χ4n) is 3.25. The zero-order valence-corrected chi connectivity index (χ0v) is 12.4. The van der Waals surface area contributed by atoms with Gasteiger partial charge in [-0.2, -0.15) is 0 Å². The quantitative estimate of drug-likeness (QED) is 0.886. The predicted molar refractivity (Wildman–Crippen MR) is 79.7 cm³/mol. The van der Waals surface area contributed by atoms with Crippen molar-refractivity contribution in [1.82, 2.24) is 4.90 Å². The van der Waals surface area contributed by atoms with Crippen LogP contribution in [0, 0.1) is 0 Å². The number of benzene rings is 1. The van der Waals surface area contributed by atoms with Crippen molar-refractivity contribution in [3.63, 3.8) is 0 Å². The molecule has 0 aromatic heterocycles. The minimum absolute atomic E-state index is 0.157. The van der Waals surface area contributed by atoms with Crippen molar-refractivity contribution in [1.29, 1.82) is 0 Å². The molecule has 1 aliphatic carbocycles. The molecular weight excluding hydrogens is 236 g/mol. The van der Waals surface area contributed by atoms with E-state index in [1.807, 2.05) is 13.0 Å². The summed E-state index contributed by atoms with van der Waals surface area (Å²) >= 11 is 0. The van der Waals surface area contributed by atoms with Crippen LogP contribution in [0.25, 0.3) is 0 Å². The highest BCUT2D eigenvalue weighted by atomic mass is 16.5. The van der Waals surface area contributed by atoms with Crippen molar-refractivity contribution >= 4 is 0 Å². The number of hydrogen-bond acceptors (Lipinski definition) is 3. The van der Waals surface area contributed by atoms with Gasteiger partial charge in [-0.3, -0.25) is 0 Å². The number of nitrogens with zero attached hydrogens (tertiary/aromatic N) is 1. The zero-order chi connectivity index (χ0) is 13.9. The average Bonchev–Trinajstić information content (AvgIpc) is 2.85. The highest BCUT2D eigenvalue weighted by Crippen LogP contribution is 2.45. The van der Waals surface area contributed by atoms with Gasteiger partial charge in [-0.25, -0.2) is 0 Å². The summed E-state index contributed by atoms with van der Waals surface area (Å²) in [4.78, 5) is 2.30. The molecule has 2 N–H and O–H groups in total. The zero-order valence-electron chi connectivity index (χ0n) is 12.4. The first-order valence-electron chi connectivity index (χ1n) is 7.22. The lowest BCUT2D eigenvalue weighted by atomic mass is 9.91. The lowest BCUT2D eigenvalue weighted by Gasteiger charge is -2.35. The lowest BCUT2D eigenvalue weighted by Crippen LogP contribution is -2.48. The summed E-state index contributed by atoms with van der Waals surface area (Å²) in [6.45, 7) is 3.49. The molecule has 2 atom stereocenters. The van der Waals surface area contributed by atoms with Gasteiger partial charge in [0.2, 0.25) is 0 Å². The van der Waals surface area contributed by atoms with Gasteiger partial charge in [0.25, 0.3) is 0 Å². The van der Waals surface area contributed by atoms with Crippen LogP contribution < -0.4 is 10.5 Å². The van der Waals surface area contributed by atoms with Crippen molar-refractivity contribution in [2.24, 2.45) is 5.73 Å². The largest absolute Gasteiger partial charge is 0.494 e. The van der Waals surface area contributed by atoms with E-state index in [-0.39, 0.29) is 5.54 Å². The summed E-state index contributed by atoms with van der Waals surface area (Å²) in [5.74, 6) is 1.61. The molecule has 3 heteroatoms. The Balaban J connectivity index is 2.21. The van der Waals surface area contributed by atoms with E-state index in [1.54, 1.807) is 0 Å². The van der Waals surface area contributed by atoms with Gasteiger partial charge in [0, 0.05) is 12.1 Å². The van der Waals surface area contributed by atoms with E-state index in [9.17, 15) is 0 Å². The molecule has 106 valence electrons. The summed E-state index contributed by atoms with van der Waals surface area (Å²) < 4.78 is 5.77. The highest BCUT2D eigenvalue weighted by Gasteiger charge is 2.40. The van der Waals surface area contributed by atoms with Crippen LogP contribution in [0.1, 0.15) is 37.7 Å². The second-order valence-electron chi connectivity index (χ2n) is 5.73. The maximum atomic E-state index is 6.03. The third kappa shape index (κ3) is 2.77. The van der Waals surface area contributed by atoms with Crippen LogP contribution in [-0.4, -0.2) is 37.7 Å². The number of hydrogen-bond donors (Lipinski definition) is 1. The molecule has 0 saturated heterocycles. The topological polar surface area (TPSA) is 38.5 Å². The Bertz CT molecular complexity index is 419. The third-order valence-electron chi connectivity index (χ3n) is 4.57. The molecule has 0 spiro atoms. The van der Waals surface area contributed by atoms with Gasteiger partial charge in [-0.05, 0) is 57.8 Å². The Kier molecular flexibility index (Phi) is 4.48. The Morgan fingerprint density at radius 1 is 1.37 bits per heavy atom. The molecule has 0 bridgehead atoms. The Morgan fingerprint density at radius 3 is 2.68 bits per heavy atom. The van der Waals surface area contributed by atoms with E-state index in [0.29, 0.717) is 5.92 Å². The predicted octanol–water partition coefficient (Wildman–Crippen LogP) is 2.61. The second kappa shape index (κ2) is 5.93. The minimum Gasteiger partial charge on any atom is -0.494 e. The Labute approximate surface area is 116 Å². The normalized spacial score (nSPS) is 26.9. The first-order chi connectivity index (χ1) is 9.13. The monoisotopic (exact) mass is 262 g/mol. The summed E-state index contributed by atoms with van der Waals surface area (Å²) in [5, 5.41) is 0. The van der Waals surface area contributed by atoms with Crippen molar-refractivity contribution in [2.45, 2.75) is 37.6 Å². The van der Waals surface area contributed by atoms with Crippen LogP contribution in [-0.2, 0) is 0 Å². The molecule has 1 aromatic carbocycles. The number of ether oxygens (including phenoxy) is 1. The van der Waals surface area contributed by atoms with Crippen LogP contribution in [0.4, 0.5) is 0 Å². The van der Waals surface area contributed by atoms with Crippen molar-refractivity contribution in [3.05, 3.63) is 29.8 Å². The minimum atomic E-state index is 0.157. The summed E-state index contributed by atoms with van der Waals surface area (Å²) in [6.07, 6.45) is 3.49. The van der Waals surface area contributed by atoms with E-state index in [0.717, 1.165) is 25.3 Å². The molecule has 1 aliphatic rings. The molecule has 2 rings (SSSR count). The second-order valence-corrected chi connectivity index (χ2v) is 5.73. The molecule has 0 aliphatic heterocycles. The van der Waals surface area contributed by atoms with Crippen LogP contribution in [0.15, 0.2) is 24.3 Å². The number of nitrogens with two attached hydrogens (primary N) is 1. The van der Waals surface area contributed by atoms with Gasteiger partial charge in [0.1, 0.15) is 5.75 Å². The lowest BCUT2D eigenvalue weighted by molar-refractivity contribution is 0.164. The van der Waals surface area contributed by atoms with Gasteiger partial charge in [0.05, 0.1) is 6.61 Å². The molecule has 1 fully saturated rings. The molecule has 0 amide bonds. The highest BCUT2D eigenvalue weighted by molar-refractivity contribution is 5.37. The van der Waals surface area contributed by atoms with E-state index >= 15 is 0 Å². The van der Waals surface area contributed by atoms with Crippen LogP contribution in [0.2, 0.25) is 0 Å². The number of rotatable bonds is 5. The smallest absolute Gasteiger partial charge is 0.122 e. The Morgan fingerprint density at radius 2 is 2.11 bits per heavy atom. The average molecular weight is 262 g/mol. The Hall–Kier alpha value is -1.06. The molecule has 2 unspecified atom stereocenters. The van der Waals surface area contributed by atoms with Gasteiger partial charge in [-0.1, -0.05) is 18.2 Å². The fourth-order valence-corrected chi connectivity index (χ4v) is 3.25. The van der Waals surface area contributed by atoms with Gasteiger partial charge < -0.3 is 15.4 Å². The van der Waals surface area contributed by atoms with Gasteiger partial charge >= 0.3 is 0 Å². The van der Waals surface area contributed by atoms with Gasteiger partial charge in [0.15, 0.2) is 0 Å². The van der Waals surface area contributed by atoms with E-state index in [4.69, 9.17) is 10.5 Å². The van der Waals surface area contributed by atoms with E-state index in [1.165, 1.54) is 18.4 Å². The molecule has 1 aromatic rings. The molecular formula is C16H26N2O. The standard InChI is InChI=1S/C16H26N2O/c1-4-19-15-8-6-5-7-14(15)13-9-10-16(11-13,12-17)18(2)3/h5-8,13H,4,9-12,17H2,1-3H3. The summed E-state index contributed by atoms with van der Waals surface area (Å²) in [5.41, 5.74) is 7.54. The SMILES string of the molecule is CCOc1ccccc1C1CCC(CN)(N(C)C)C1. The van der Waals surface area contributed by atoms with Gasteiger partial charge in [-0.15, -0.1) is 0 Å². The molecule has 19 heavy (non-hydrogen) atoms. The summed E-state index contributed by atoms with van der Waals surface area (Å²) in [7, 11) is 4.29. The van der Waals surface area contributed by atoms with Crippen molar-refractivity contribution in [2.75, 3.05) is 27.2 Å². The maximum absolute atomic E-state index is 6.03. The molecule has 1 saturated carbocycles. The molecule has 3 nitrogen and oxygen atoms in total. The van der Waals surface area contributed by atoms with Crippen molar-refractivity contribution < 1.29 is 4.74 Å². The van der Waals surface area contributed by atoms with Crippen LogP contribution in [0.5, 0.6) is 5.75 Å². The molecule has 0 heterocycles. The fraction of sp³-hybridized carbons (Fsp3) is 0.625. The first kappa shape index (κ1) is 14.4. The van der Waals surface area contributed by atoms with Crippen LogP contribution >= 0.6 is 0 Å². The van der Waals surface area contributed by atoms with E-state index < -0.39 is 0 Å². The summed E-state index contributed by atoms with van der Waals surface area (Å²) in [6, 6.07) is 8.44. The first-order valence-corrected chi connectivity index (χ1v) is 7.22. The van der Waals surface area contributed by atoms with E-state index in [2.05, 4.69) is 37.2 Å². The molecule has 0 radical (unpaired) electrons.